The van der Waals surface area contributed by atoms with Crippen molar-refractivity contribution in [1.82, 2.24) is 15.0 Å². The zero-order valence-corrected chi connectivity index (χ0v) is 10.7. The fourth-order valence-corrected chi connectivity index (χ4v) is 1.92. The average molecular weight is 255 g/mol. The largest absolute Gasteiger partial charge is 0.493 e. The quantitative estimate of drug-likeness (QED) is 0.721. The predicted molar refractivity (Wildman–Crippen MR) is 72.0 cm³/mol. The highest BCUT2D eigenvalue weighted by Gasteiger charge is 2.08. The second-order valence-corrected chi connectivity index (χ2v) is 4.02. The van der Waals surface area contributed by atoms with E-state index in [2.05, 4.69) is 10.2 Å². The van der Waals surface area contributed by atoms with E-state index in [9.17, 15) is 0 Å². The topological polar surface area (TPSA) is 49.2 Å². The van der Waals surface area contributed by atoms with Crippen LogP contribution in [0, 0.1) is 0 Å². The van der Waals surface area contributed by atoms with Gasteiger partial charge < -0.3 is 9.47 Å². The normalized spacial score (nSPS) is 10.6. The van der Waals surface area contributed by atoms with E-state index in [1.807, 2.05) is 42.5 Å². The predicted octanol–water partition coefficient (Wildman–Crippen LogP) is 2.44. The molecular formula is C14H13N3O2. The summed E-state index contributed by atoms with van der Waals surface area (Å²) in [5, 5.41) is 8.85. The first-order chi connectivity index (χ1) is 9.31. The SMILES string of the molecule is COc1ccc(-n2nc3ccccc3n2)cc1OC. The van der Waals surface area contributed by atoms with Crippen molar-refractivity contribution in [2.75, 3.05) is 14.2 Å². The second kappa shape index (κ2) is 4.61. The van der Waals surface area contributed by atoms with Crippen LogP contribution < -0.4 is 9.47 Å². The van der Waals surface area contributed by atoms with Crippen molar-refractivity contribution < 1.29 is 9.47 Å². The number of nitrogens with zero attached hydrogens (tertiary/aromatic N) is 3. The number of ether oxygens (including phenoxy) is 2. The van der Waals surface area contributed by atoms with Crippen molar-refractivity contribution in [2.24, 2.45) is 0 Å². The molecule has 0 amide bonds. The van der Waals surface area contributed by atoms with Crippen molar-refractivity contribution in [3.8, 4) is 17.2 Å². The lowest BCUT2D eigenvalue weighted by atomic mass is 10.3. The third kappa shape index (κ3) is 1.99. The highest BCUT2D eigenvalue weighted by Crippen LogP contribution is 2.28. The minimum atomic E-state index is 0.654. The van der Waals surface area contributed by atoms with Crippen molar-refractivity contribution in [1.29, 1.82) is 0 Å². The van der Waals surface area contributed by atoms with Crippen LogP contribution in [0.2, 0.25) is 0 Å². The van der Waals surface area contributed by atoms with Crippen molar-refractivity contribution in [3.63, 3.8) is 0 Å². The third-order valence-electron chi connectivity index (χ3n) is 2.88. The van der Waals surface area contributed by atoms with Gasteiger partial charge >= 0.3 is 0 Å². The zero-order valence-electron chi connectivity index (χ0n) is 10.7. The second-order valence-electron chi connectivity index (χ2n) is 4.02. The van der Waals surface area contributed by atoms with Crippen LogP contribution in [0.5, 0.6) is 11.5 Å². The Bertz CT molecular complexity index is 689. The molecule has 0 radical (unpaired) electrons. The molecule has 0 aliphatic rings. The lowest BCUT2D eigenvalue weighted by Gasteiger charge is -2.08. The molecule has 0 unspecified atom stereocenters. The lowest BCUT2D eigenvalue weighted by molar-refractivity contribution is 0.354. The molecule has 2 aromatic carbocycles. The van der Waals surface area contributed by atoms with Crippen molar-refractivity contribution in [2.45, 2.75) is 0 Å². The molecule has 1 aromatic heterocycles. The van der Waals surface area contributed by atoms with Gasteiger partial charge in [0.25, 0.3) is 0 Å². The summed E-state index contributed by atoms with van der Waals surface area (Å²) in [5.41, 5.74) is 2.54. The molecule has 0 aliphatic heterocycles. The molecule has 5 nitrogen and oxygen atoms in total. The zero-order chi connectivity index (χ0) is 13.2. The number of aromatic nitrogens is 3. The summed E-state index contributed by atoms with van der Waals surface area (Å²) in [6.45, 7) is 0. The Morgan fingerprint density at radius 1 is 0.842 bits per heavy atom. The van der Waals surface area contributed by atoms with Crippen LogP contribution in [0.1, 0.15) is 0 Å². The molecule has 5 heteroatoms. The van der Waals surface area contributed by atoms with Crippen LogP contribution in [0.4, 0.5) is 0 Å². The Morgan fingerprint density at radius 3 is 2.05 bits per heavy atom. The molecule has 0 saturated carbocycles. The molecule has 0 fully saturated rings. The maximum absolute atomic E-state index is 5.28. The van der Waals surface area contributed by atoms with Gasteiger partial charge in [-0.05, 0) is 24.3 Å². The van der Waals surface area contributed by atoms with Crippen LogP contribution in [0.3, 0.4) is 0 Å². The Morgan fingerprint density at radius 2 is 1.47 bits per heavy atom. The highest BCUT2D eigenvalue weighted by molar-refractivity contribution is 5.73. The van der Waals surface area contributed by atoms with Crippen LogP contribution >= 0.6 is 0 Å². The molecule has 0 aliphatic carbocycles. The van der Waals surface area contributed by atoms with Gasteiger partial charge in [-0.3, -0.25) is 0 Å². The summed E-state index contributed by atoms with van der Waals surface area (Å²) < 4.78 is 10.5. The number of benzene rings is 2. The van der Waals surface area contributed by atoms with Crippen LogP contribution in [-0.4, -0.2) is 29.2 Å². The van der Waals surface area contributed by atoms with Gasteiger partial charge in [-0.15, -0.1) is 10.2 Å². The number of methoxy groups -OCH3 is 2. The average Bonchev–Trinajstić information content (AvgIpc) is 2.90. The van der Waals surface area contributed by atoms with E-state index in [0.717, 1.165) is 16.7 Å². The van der Waals surface area contributed by atoms with Gasteiger partial charge in [0.05, 0.1) is 19.9 Å². The monoisotopic (exact) mass is 255 g/mol. The molecule has 0 atom stereocenters. The molecule has 1 heterocycles. The Balaban J connectivity index is 2.10. The first kappa shape index (κ1) is 11.5. The van der Waals surface area contributed by atoms with Gasteiger partial charge in [-0.2, -0.15) is 4.80 Å². The summed E-state index contributed by atoms with van der Waals surface area (Å²) in [6.07, 6.45) is 0. The number of hydrogen-bond acceptors (Lipinski definition) is 4. The van der Waals surface area contributed by atoms with E-state index in [1.54, 1.807) is 19.0 Å². The van der Waals surface area contributed by atoms with Crippen LogP contribution in [0.15, 0.2) is 42.5 Å². The summed E-state index contributed by atoms with van der Waals surface area (Å²) in [7, 11) is 3.21. The molecular weight excluding hydrogens is 242 g/mol. The number of hydrogen-bond donors (Lipinski definition) is 0. The van der Waals surface area contributed by atoms with E-state index in [-0.39, 0.29) is 0 Å². The smallest absolute Gasteiger partial charge is 0.162 e. The van der Waals surface area contributed by atoms with E-state index in [0.29, 0.717) is 11.5 Å². The van der Waals surface area contributed by atoms with Gasteiger partial charge in [0.2, 0.25) is 0 Å². The fourth-order valence-electron chi connectivity index (χ4n) is 1.92. The fraction of sp³-hybridized carbons (Fsp3) is 0.143. The van der Waals surface area contributed by atoms with Gasteiger partial charge in [0.1, 0.15) is 11.0 Å². The molecule has 19 heavy (non-hydrogen) atoms. The minimum absolute atomic E-state index is 0.654. The van der Waals surface area contributed by atoms with Crippen molar-refractivity contribution in [3.05, 3.63) is 42.5 Å². The molecule has 0 N–H and O–H groups in total. The third-order valence-corrected chi connectivity index (χ3v) is 2.88. The van der Waals surface area contributed by atoms with Gasteiger partial charge in [0.15, 0.2) is 11.5 Å². The minimum Gasteiger partial charge on any atom is -0.493 e. The molecule has 3 rings (SSSR count). The van der Waals surface area contributed by atoms with Crippen LogP contribution in [-0.2, 0) is 0 Å². The summed E-state index contributed by atoms with van der Waals surface area (Å²) in [4.78, 5) is 1.59. The Hall–Kier alpha value is -2.56. The first-order valence-corrected chi connectivity index (χ1v) is 5.86. The first-order valence-electron chi connectivity index (χ1n) is 5.86. The maximum Gasteiger partial charge on any atom is 0.162 e. The lowest BCUT2D eigenvalue weighted by Crippen LogP contribution is -2.00. The molecule has 96 valence electrons. The standard InChI is InChI=1S/C14H13N3O2/c1-18-13-8-7-10(9-14(13)19-2)17-15-11-5-3-4-6-12(11)16-17/h3-9H,1-2H3. The van der Waals surface area contributed by atoms with Gasteiger partial charge in [0, 0.05) is 6.07 Å². The van der Waals surface area contributed by atoms with E-state index < -0.39 is 0 Å². The Kier molecular flexibility index (Phi) is 2.79. The van der Waals surface area contributed by atoms with Crippen molar-refractivity contribution >= 4 is 11.0 Å². The summed E-state index contributed by atoms with van der Waals surface area (Å²) >= 11 is 0. The maximum atomic E-state index is 5.28. The Labute approximate surface area is 110 Å². The molecule has 0 bridgehead atoms. The molecule has 0 saturated heterocycles. The van der Waals surface area contributed by atoms with Gasteiger partial charge in [-0.1, -0.05) is 12.1 Å². The highest BCUT2D eigenvalue weighted by atomic mass is 16.5. The van der Waals surface area contributed by atoms with Gasteiger partial charge in [-0.25, -0.2) is 0 Å². The van der Waals surface area contributed by atoms with Crippen LogP contribution in [0.25, 0.3) is 16.7 Å². The molecule has 3 aromatic rings. The van der Waals surface area contributed by atoms with E-state index >= 15 is 0 Å². The van der Waals surface area contributed by atoms with E-state index in [4.69, 9.17) is 9.47 Å². The molecule has 0 spiro atoms. The number of fused-ring (bicyclic) bond motifs is 1. The van der Waals surface area contributed by atoms with E-state index in [1.165, 1.54) is 0 Å². The summed E-state index contributed by atoms with van der Waals surface area (Å²) in [5.74, 6) is 1.34. The number of rotatable bonds is 3. The summed E-state index contributed by atoms with van der Waals surface area (Å²) in [6, 6.07) is 13.3.